The Morgan fingerprint density at radius 3 is 2.54 bits per heavy atom. The monoisotopic (exact) mass is 381 g/mol. The third-order valence-electron chi connectivity index (χ3n) is 3.67. The molecule has 2 N–H and O–H groups in total. The largest absolute Gasteiger partial charge is 0.484 e. The molecule has 8 nitrogen and oxygen atoms in total. The zero-order valence-corrected chi connectivity index (χ0v) is 16.1. The molecule has 0 aliphatic rings. The maximum atomic E-state index is 12.2. The molecular weight excluding hydrogens is 358 g/mol. The number of aryl methyl sites for hydroxylation is 4. The smallest absolute Gasteiger partial charge is 0.257 e. The summed E-state index contributed by atoms with van der Waals surface area (Å²) in [6.07, 6.45) is 0. The van der Waals surface area contributed by atoms with Crippen LogP contribution in [0, 0.1) is 27.7 Å². The molecule has 9 heteroatoms. The highest BCUT2D eigenvalue weighted by molar-refractivity contribution is 7.89. The number of hydrogen-bond donors (Lipinski definition) is 2. The second kappa shape index (κ2) is 8.33. The Balaban J connectivity index is 1.76. The number of sulfonamides is 1. The minimum absolute atomic E-state index is 0.0296. The highest BCUT2D eigenvalue weighted by atomic mass is 32.2. The van der Waals surface area contributed by atoms with E-state index >= 15 is 0 Å². The fourth-order valence-electron chi connectivity index (χ4n) is 2.47. The van der Waals surface area contributed by atoms with Gasteiger partial charge in [0.2, 0.25) is 10.0 Å². The molecule has 1 amide bonds. The first-order valence-corrected chi connectivity index (χ1v) is 9.58. The van der Waals surface area contributed by atoms with Crippen molar-refractivity contribution >= 4 is 15.9 Å². The number of nitrogens with one attached hydrogen (secondary N) is 2. The molecule has 0 aliphatic carbocycles. The van der Waals surface area contributed by atoms with Crippen LogP contribution in [0.25, 0.3) is 0 Å². The molecule has 0 spiro atoms. The van der Waals surface area contributed by atoms with E-state index < -0.39 is 10.0 Å². The standard InChI is InChI=1S/C17H23N3O5S/c1-11-5-6-15(12(2)9-11)24-10-16(21)18-7-8-19-26(22,23)17-13(3)20-25-14(17)4/h5-6,9,19H,7-8,10H2,1-4H3,(H,18,21). The first kappa shape index (κ1) is 19.9. The van der Waals surface area contributed by atoms with E-state index in [0.29, 0.717) is 11.4 Å². The first-order valence-electron chi connectivity index (χ1n) is 8.10. The average molecular weight is 381 g/mol. The van der Waals surface area contributed by atoms with Crippen LogP contribution in [-0.2, 0) is 14.8 Å². The van der Waals surface area contributed by atoms with Crippen molar-refractivity contribution in [3.05, 3.63) is 40.8 Å². The Bertz CT molecular complexity index is 870. The molecule has 1 aromatic carbocycles. The van der Waals surface area contributed by atoms with E-state index in [0.717, 1.165) is 11.1 Å². The van der Waals surface area contributed by atoms with Crippen molar-refractivity contribution < 1.29 is 22.5 Å². The van der Waals surface area contributed by atoms with Gasteiger partial charge in [-0.25, -0.2) is 13.1 Å². The molecule has 0 radical (unpaired) electrons. The van der Waals surface area contributed by atoms with Crippen LogP contribution >= 0.6 is 0 Å². The van der Waals surface area contributed by atoms with E-state index in [9.17, 15) is 13.2 Å². The lowest BCUT2D eigenvalue weighted by atomic mass is 10.1. The molecule has 0 aliphatic heterocycles. The highest BCUT2D eigenvalue weighted by Crippen LogP contribution is 2.19. The van der Waals surface area contributed by atoms with Crippen molar-refractivity contribution in [1.29, 1.82) is 0 Å². The first-order chi connectivity index (χ1) is 12.2. The molecule has 2 rings (SSSR count). The zero-order valence-electron chi connectivity index (χ0n) is 15.3. The van der Waals surface area contributed by atoms with E-state index in [1.54, 1.807) is 6.92 Å². The van der Waals surface area contributed by atoms with Crippen LogP contribution in [0.15, 0.2) is 27.6 Å². The minimum atomic E-state index is -3.73. The van der Waals surface area contributed by atoms with Gasteiger partial charge in [-0.3, -0.25) is 4.79 Å². The summed E-state index contributed by atoms with van der Waals surface area (Å²) in [5, 5.41) is 6.22. The van der Waals surface area contributed by atoms with Crippen LogP contribution in [0.3, 0.4) is 0 Å². The van der Waals surface area contributed by atoms with E-state index in [4.69, 9.17) is 9.26 Å². The summed E-state index contributed by atoms with van der Waals surface area (Å²) in [5.41, 5.74) is 2.36. The lowest BCUT2D eigenvalue weighted by Crippen LogP contribution is -2.37. The van der Waals surface area contributed by atoms with Gasteiger partial charge < -0.3 is 14.6 Å². The number of hydrogen-bond acceptors (Lipinski definition) is 6. The molecule has 0 unspecified atom stereocenters. The van der Waals surface area contributed by atoms with Crippen molar-refractivity contribution in [3.8, 4) is 5.75 Å². The Labute approximate surface area is 153 Å². The van der Waals surface area contributed by atoms with Gasteiger partial charge in [-0.15, -0.1) is 0 Å². The van der Waals surface area contributed by atoms with Crippen molar-refractivity contribution in [2.75, 3.05) is 19.7 Å². The molecular formula is C17H23N3O5S. The van der Waals surface area contributed by atoms with Gasteiger partial charge in [-0.2, -0.15) is 0 Å². The summed E-state index contributed by atoms with van der Waals surface area (Å²) in [7, 11) is -3.73. The lowest BCUT2D eigenvalue weighted by Gasteiger charge is -2.10. The van der Waals surface area contributed by atoms with Crippen molar-refractivity contribution in [3.63, 3.8) is 0 Å². The zero-order chi connectivity index (χ0) is 19.3. The Hall–Kier alpha value is -2.39. The third-order valence-corrected chi connectivity index (χ3v) is 5.37. The summed E-state index contributed by atoms with van der Waals surface area (Å²) in [4.78, 5) is 11.8. The van der Waals surface area contributed by atoms with Crippen LogP contribution in [0.1, 0.15) is 22.6 Å². The van der Waals surface area contributed by atoms with E-state index in [1.807, 2.05) is 32.0 Å². The third kappa shape index (κ3) is 5.06. The number of aromatic nitrogens is 1. The molecule has 1 aromatic heterocycles. The maximum absolute atomic E-state index is 12.2. The number of ether oxygens (including phenoxy) is 1. The Kier molecular flexibility index (Phi) is 6.38. The van der Waals surface area contributed by atoms with Crippen molar-refractivity contribution in [2.45, 2.75) is 32.6 Å². The van der Waals surface area contributed by atoms with Crippen LogP contribution < -0.4 is 14.8 Å². The quantitative estimate of drug-likeness (QED) is 0.669. The van der Waals surface area contributed by atoms with Crippen molar-refractivity contribution in [1.82, 2.24) is 15.2 Å². The number of rotatable bonds is 8. The van der Waals surface area contributed by atoms with Crippen molar-refractivity contribution in [2.24, 2.45) is 0 Å². The molecule has 0 saturated carbocycles. The van der Waals surface area contributed by atoms with E-state index in [-0.39, 0.29) is 36.3 Å². The summed E-state index contributed by atoms with van der Waals surface area (Å²) >= 11 is 0. The summed E-state index contributed by atoms with van der Waals surface area (Å²) in [5.74, 6) is 0.535. The number of nitrogens with zero attached hydrogens (tertiary/aromatic N) is 1. The Morgan fingerprint density at radius 2 is 1.92 bits per heavy atom. The van der Waals surface area contributed by atoms with Gasteiger partial charge in [0.25, 0.3) is 5.91 Å². The van der Waals surface area contributed by atoms with Gasteiger partial charge in [-0.05, 0) is 39.3 Å². The van der Waals surface area contributed by atoms with Gasteiger partial charge in [0, 0.05) is 13.1 Å². The fraction of sp³-hybridized carbons (Fsp3) is 0.412. The molecule has 26 heavy (non-hydrogen) atoms. The molecule has 0 atom stereocenters. The topological polar surface area (TPSA) is 111 Å². The molecule has 1 heterocycles. The van der Waals surface area contributed by atoms with E-state index in [2.05, 4.69) is 15.2 Å². The van der Waals surface area contributed by atoms with Crippen LogP contribution in [0.5, 0.6) is 5.75 Å². The molecule has 2 aromatic rings. The highest BCUT2D eigenvalue weighted by Gasteiger charge is 2.23. The normalized spacial score (nSPS) is 11.4. The molecule has 142 valence electrons. The molecule has 0 saturated heterocycles. The Morgan fingerprint density at radius 1 is 1.19 bits per heavy atom. The lowest BCUT2D eigenvalue weighted by molar-refractivity contribution is -0.123. The maximum Gasteiger partial charge on any atom is 0.257 e. The molecule has 0 bridgehead atoms. The number of benzene rings is 1. The van der Waals surface area contributed by atoms with Gasteiger partial charge in [-0.1, -0.05) is 22.9 Å². The average Bonchev–Trinajstić information content (AvgIpc) is 2.90. The van der Waals surface area contributed by atoms with Gasteiger partial charge in [0.05, 0.1) is 0 Å². The number of amides is 1. The van der Waals surface area contributed by atoms with E-state index in [1.165, 1.54) is 6.92 Å². The minimum Gasteiger partial charge on any atom is -0.484 e. The predicted molar refractivity (Wildman–Crippen MR) is 95.6 cm³/mol. The van der Waals surface area contributed by atoms with Crippen LogP contribution in [-0.4, -0.2) is 39.2 Å². The molecule has 0 fully saturated rings. The van der Waals surface area contributed by atoms with Gasteiger partial charge in [0.15, 0.2) is 12.4 Å². The summed E-state index contributed by atoms with van der Waals surface area (Å²) < 4.78 is 37.2. The number of carbonyl (C=O) groups is 1. The second-order valence-electron chi connectivity index (χ2n) is 5.96. The SMILES string of the molecule is Cc1ccc(OCC(=O)NCCNS(=O)(=O)c2c(C)noc2C)c(C)c1. The van der Waals surface area contributed by atoms with Gasteiger partial charge in [0.1, 0.15) is 16.3 Å². The summed E-state index contributed by atoms with van der Waals surface area (Å²) in [6, 6.07) is 5.69. The van der Waals surface area contributed by atoms with Crippen LogP contribution in [0.2, 0.25) is 0 Å². The number of carbonyl (C=O) groups excluding carboxylic acids is 1. The van der Waals surface area contributed by atoms with Crippen LogP contribution in [0.4, 0.5) is 0 Å². The second-order valence-corrected chi connectivity index (χ2v) is 7.66. The van der Waals surface area contributed by atoms with Gasteiger partial charge >= 0.3 is 0 Å². The fourth-order valence-corrected chi connectivity index (χ4v) is 3.83. The summed E-state index contributed by atoms with van der Waals surface area (Å²) in [6.45, 7) is 7.01. The predicted octanol–water partition coefficient (Wildman–Crippen LogP) is 1.38.